The molecule has 28 heavy (non-hydrogen) atoms. The predicted octanol–water partition coefficient (Wildman–Crippen LogP) is 4.63. The van der Waals surface area contributed by atoms with Crippen molar-refractivity contribution in [1.82, 2.24) is 9.97 Å². The van der Waals surface area contributed by atoms with Gasteiger partial charge >= 0.3 is 5.97 Å². The highest BCUT2D eigenvalue weighted by Crippen LogP contribution is 2.24. The number of benzene rings is 1. The molecule has 0 unspecified atom stereocenters. The minimum Gasteiger partial charge on any atom is -0.465 e. The van der Waals surface area contributed by atoms with Gasteiger partial charge in [0.25, 0.3) is 0 Å². The van der Waals surface area contributed by atoms with E-state index >= 15 is 0 Å². The van der Waals surface area contributed by atoms with E-state index in [-0.39, 0.29) is 5.97 Å². The highest BCUT2D eigenvalue weighted by Gasteiger charge is 2.13. The molecular formula is C23H27N3O2. The average Bonchev–Trinajstić information content (AvgIpc) is 3.29. The van der Waals surface area contributed by atoms with Gasteiger partial charge in [0.1, 0.15) is 0 Å². The number of hydrogen-bond acceptors (Lipinski definition) is 5. The monoisotopic (exact) mass is 377 g/mol. The van der Waals surface area contributed by atoms with E-state index in [0.29, 0.717) is 12.0 Å². The number of anilines is 1. The van der Waals surface area contributed by atoms with E-state index in [9.17, 15) is 4.79 Å². The van der Waals surface area contributed by atoms with Crippen molar-refractivity contribution in [3.63, 3.8) is 0 Å². The van der Waals surface area contributed by atoms with Crippen LogP contribution in [0.2, 0.25) is 0 Å². The standard InChI is InChI=1S/C21H21N3O2.C2H6/c1-26-21(25)16-6-7-22-18(12-16)11-15-4-5-20-17(10-15)13-19(14-23-20)24-8-2-3-9-24;1-2/h4-7,10,12-14H,2-3,8-9,11H2,1H3;1-2H3. The van der Waals surface area contributed by atoms with Crippen molar-refractivity contribution in [2.24, 2.45) is 0 Å². The van der Waals surface area contributed by atoms with Gasteiger partial charge < -0.3 is 9.64 Å². The van der Waals surface area contributed by atoms with Gasteiger partial charge in [0.15, 0.2) is 0 Å². The molecule has 4 rings (SSSR count). The summed E-state index contributed by atoms with van der Waals surface area (Å²) in [6.45, 7) is 6.22. The molecule has 2 aromatic heterocycles. The van der Waals surface area contributed by atoms with E-state index in [1.807, 2.05) is 26.1 Å². The Morgan fingerprint density at radius 2 is 1.86 bits per heavy atom. The number of aromatic nitrogens is 2. The van der Waals surface area contributed by atoms with Crippen molar-refractivity contribution in [3.8, 4) is 0 Å². The molecule has 0 saturated carbocycles. The normalized spacial score (nSPS) is 13.2. The van der Waals surface area contributed by atoms with Gasteiger partial charge in [-0.05, 0) is 48.7 Å². The predicted molar refractivity (Wildman–Crippen MR) is 113 cm³/mol. The summed E-state index contributed by atoms with van der Waals surface area (Å²) < 4.78 is 4.78. The van der Waals surface area contributed by atoms with E-state index in [1.54, 1.807) is 18.3 Å². The van der Waals surface area contributed by atoms with Crippen LogP contribution in [0.1, 0.15) is 48.3 Å². The largest absolute Gasteiger partial charge is 0.465 e. The third-order valence-corrected chi connectivity index (χ3v) is 4.83. The summed E-state index contributed by atoms with van der Waals surface area (Å²) in [6, 6.07) is 11.9. The second kappa shape index (κ2) is 9.31. The Bertz CT molecular complexity index is 949. The van der Waals surface area contributed by atoms with Crippen molar-refractivity contribution >= 4 is 22.6 Å². The Hall–Kier alpha value is -2.95. The van der Waals surface area contributed by atoms with Crippen LogP contribution in [0.4, 0.5) is 5.69 Å². The second-order valence-corrected chi connectivity index (χ2v) is 6.62. The van der Waals surface area contributed by atoms with Crippen molar-refractivity contribution in [2.75, 3.05) is 25.1 Å². The molecule has 0 N–H and O–H groups in total. The molecule has 1 fully saturated rings. The maximum absolute atomic E-state index is 11.7. The Morgan fingerprint density at radius 1 is 1.07 bits per heavy atom. The lowest BCUT2D eigenvalue weighted by molar-refractivity contribution is 0.0600. The lowest BCUT2D eigenvalue weighted by Crippen LogP contribution is -2.17. The molecule has 5 heteroatoms. The van der Waals surface area contributed by atoms with E-state index in [1.165, 1.54) is 25.6 Å². The van der Waals surface area contributed by atoms with Crippen LogP contribution in [0, 0.1) is 0 Å². The van der Waals surface area contributed by atoms with Crippen LogP contribution < -0.4 is 4.90 Å². The second-order valence-electron chi connectivity index (χ2n) is 6.62. The summed E-state index contributed by atoms with van der Waals surface area (Å²) in [4.78, 5) is 23.1. The van der Waals surface area contributed by atoms with Gasteiger partial charge in [0.05, 0.1) is 30.1 Å². The molecule has 1 aromatic carbocycles. The highest BCUT2D eigenvalue weighted by atomic mass is 16.5. The Morgan fingerprint density at radius 3 is 2.61 bits per heavy atom. The van der Waals surface area contributed by atoms with Crippen LogP contribution in [0.15, 0.2) is 48.8 Å². The van der Waals surface area contributed by atoms with Crippen LogP contribution in [-0.4, -0.2) is 36.1 Å². The highest BCUT2D eigenvalue weighted by molar-refractivity contribution is 5.89. The van der Waals surface area contributed by atoms with Crippen molar-refractivity contribution in [3.05, 3.63) is 65.6 Å². The zero-order valence-corrected chi connectivity index (χ0v) is 16.8. The number of carbonyl (C=O) groups excluding carboxylic acids is 1. The molecule has 1 aliphatic rings. The zero-order chi connectivity index (χ0) is 19.9. The smallest absolute Gasteiger partial charge is 0.337 e. The molecular weight excluding hydrogens is 350 g/mol. The Labute approximate surface area is 166 Å². The van der Waals surface area contributed by atoms with E-state index in [0.717, 1.165) is 35.2 Å². The summed E-state index contributed by atoms with van der Waals surface area (Å²) in [6.07, 6.45) is 6.78. The van der Waals surface area contributed by atoms with Crippen molar-refractivity contribution in [2.45, 2.75) is 33.1 Å². The number of rotatable bonds is 4. The third-order valence-electron chi connectivity index (χ3n) is 4.83. The van der Waals surface area contributed by atoms with E-state index in [2.05, 4.69) is 33.1 Å². The molecule has 0 bridgehead atoms. The number of hydrogen-bond donors (Lipinski definition) is 0. The minimum absolute atomic E-state index is 0.341. The first kappa shape index (κ1) is 19.8. The first-order valence-corrected chi connectivity index (χ1v) is 9.90. The molecule has 3 aromatic rings. The maximum Gasteiger partial charge on any atom is 0.337 e. The molecule has 5 nitrogen and oxygen atoms in total. The van der Waals surface area contributed by atoms with Crippen LogP contribution in [0.3, 0.4) is 0 Å². The summed E-state index contributed by atoms with van der Waals surface area (Å²) in [5, 5.41) is 1.14. The van der Waals surface area contributed by atoms with Crippen LogP contribution in [0.25, 0.3) is 10.9 Å². The minimum atomic E-state index is -0.341. The summed E-state index contributed by atoms with van der Waals surface area (Å²) in [5.41, 5.74) is 4.70. The van der Waals surface area contributed by atoms with Crippen molar-refractivity contribution in [1.29, 1.82) is 0 Å². The lowest BCUT2D eigenvalue weighted by atomic mass is 10.0. The van der Waals surface area contributed by atoms with Crippen molar-refractivity contribution < 1.29 is 9.53 Å². The summed E-state index contributed by atoms with van der Waals surface area (Å²) in [5.74, 6) is -0.341. The molecule has 0 spiro atoms. The summed E-state index contributed by atoms with van der Waals surface area (Å²) in [7, 11) is 1.39. The van der Waals surface area contributed by atoms with Gasteiger partial charge in [-0.15, -0.1) is 0 Å². The number of pyridine rings is 2. The molecule has 146 valence electrons. The van der Waals surface area contributed by atoms with E-state index < -0.39 is 0 Å². The van der Waals surface area contributed by atoms with Gasteiger partial charge in [-0.1, -0.05) is 19.9 Å². The number of methoxy groups -OCH3 is 1. The number of fused-ring (bicyclic) bond motifs is 1. The van der Waals surface area contributed by atoms with Gasteiger partial charge in [0, 0.05) is 36.8 Å². The van der Waals surface area contributed by atoms with Gasteiger partial charge in [-0.25, -0.2) is 4.79 Å². The van der Waals surface area contributed by atoms with Crippen LogP contribution >= 0.6 is 0 Å². The fourth-order valence-electron chi connectivity index (χ4n) is 3.46. The Kier molecular flexibility index (Phi) is 6.58. The van der Waals surface area contributed by atoms with E-state index in [4.69, 9.17) is 4.74 Å². The average molecular weight is 377 g/mol. The zero-order valence-electron chi connectivity index (χ0n) is 16.8. The molecule has 3 heterocycles. The van der Waals surface area contributed by atoms with Gasteiger partial charge in [0.2, 0.25) is 0 Å². The molecule has 0 amide bonds. The van der Waals surface area contributed by atoms with Gasteiger partial charge in [-0.2, -0.15) is 0 Å². The van der Waals surface area contributed by atoms with Crippen LogP contribution in [0.5, 0.6) is 0 Å². The molecule has 1 saturated heterocycles. The molecule has 0 aliphatic carbocycles. The van der Waals surface area contributed by atoms with Crippen LogP contribution in [-0.2, 0) is 11.2 Å². The Balaban J connectivity index is 0.00000109. The SMILES string of the molecule is CC.COC(=O)c1ccnc(Cc2ccc3ncc(N4CCCC4)cc3c2)c1. The fraction of sp³-hybridized carbons (Fsp3) is 0.348. The first-order chi connectivity index (χ1) is 13.7. The summed E-state index contributed by atoms with van der Waals surface area (Å²) >= 11 is 0. The fourth-order valence-corrected chi connectivity index (χ4v) is 3.46. The topological polar surface area (TPSA) is 55.3 Å². The number of carbonyl (C=O) groups is 1. The third kappa shape index (κ3) is 4.47. The lowest BCUT2D eigenvalue weighted by Gasteiger charge is -2.17. The number of nitrogens with zero attached hydrogens (tertiary/aromatic N) is 3. The number of esters is 1. The quantitative estimate of drug-likeness (QED) is 0.620. The first-order valence-electron chi connectivity index (χ1n) is 9.90. The van der Waals surface area contributed by atoms with Gasteiger partial charge in [-0.3, -0.25) is 9.97 Å². The number of ether oxygens (including phenoxy) is 1. The molecule has 1 aliphatic heterocycles. The molecule has 0 atom stereocenters. The molecule has 0 radical (unpaired) electrons. The maximum atomic E-state index is 11.7.